The third-order valence-electron chi connectivity index (χ3n) is 7.45. The molecule has 0 saturated heterocycles. The number of hydrogen-bond acceptors (Lipinski definition) is 6. The largest absolute Gasteiger partial charge is 0.333 e. The van der Waals surface area contributed by atoms with Gasteiger partial charge in [0.05, 0.1) is 4.90 Å². The highest BCUT2D eigenvalue weighted by atomic mass is 32.2. The number of ketones is 1. The molecule has 1 heterocycles. The van der Waals surface area contributed by atoms with Gasteiger partial charge in [0.15, 0.2) is 5.78 Å². The molecule has 0 spiro atoms. The zero-order chi connectivity index (χ0) is 32.7. The van der Waals surface area contributed by atoms with E-state index in [-0.39, 0.29) is 29.6 Å². The highest BCUT2D eigenvalue weighted by Gasteiger charge is 2.25. The molecule has 4 aromatic carbocycles. The number of rotatable bonds is 12. The molecule has 46 heavy (non-hydrogen) atoms. The van der Waals surface area contributed by atoms with Crippen molar-refractivity contribution in [2.45, 2.75) is 49.2 Å². The van der Waals surface area contributed by atoms with Crippen molar-refractivity contribution >= 4 is 33.6 Å². The first kappa shape index (κ1) is 32.7. The van der Waals surface area contributed by atoms with Gasteiger partial charge in [-0.05, 0) is 34.6 Å². The number of amides is 2. The van der Waals surface area contributed by atoms with Gasteiger partial charge in [-0.1, -0.05) is 117 Å². The minimum atomic E-state index is -4.17. The third-order valence-corrected chi connectivity index (χ3v) is 9.51. The summed E-state index contributed by atoms with van der Waals surface area (Å²) in [5, 5.41) is 3.31. The molecular weight excluding hydrogens is 617 g/mol. The predicted octanol–water partition coefficient (Wildman–Crippen LogP) is 7.06. The number of thioether (sulfide) groups is 1. The van der Waals surface area contributed by atoms with Crippen molar-refractivity contribution in [1.82, 2.24) is 19.6 Å². The second-order valence-corrected chi connectivity index (χ2v) is 13.6. The van der Waals surface area contributed by atoms with Crippen molar-refractivity contribution in [2.24, 2.45) is 0 Å². The lowest BCUT2D eigenvalue weighted by atomic mass is 10.0. The van der Waals surface area contributed by atoms with Crippen LogP contribution in [0.25, 0.3) is 11.1 Å². The highest BCUT2D eigenvalue weighted by molar-refractivity contribution is 7.98. The Balaban J connectivity index is 1.38. The molecule has 5 aromatic rings. The quantitative estimate of drug-likeness (QED) is 0.110. The predicted molar refractivity (Wildman–Crippen MR) is 183 cm³/mol. The molecule has 0 bridgehead atoms. The smallest absolute Gasteiger partial charge is 0.328 e. The molecule has 10 heteroatoms. The number of sulfonamides is 1. The molecule has 8 nitrogen and oxygen atoms in total. The summed E-state index contributed by atoms with van der Waals surface area (Å²) in [6.45, 7) is 4.74. The first-order valence-electron chi connectivity index (χ1n) is 14.9. The Morgan fingerprint density at radius 3 is 2.04 bits per heavy atom. The van der Waals surface area contributed by atoms with E-state index in [0.29, 0.717) is 28.4 Å². The van der Waals surface area contributed by atoms with Gasteiger partial charge in [0.1, 0.15) is 16.5 Å². The van der Waals surface area contributed by atoms with Crippen molar-refractivity contribution in [3.63, 3.8) is 0 Å². The number of nitrogens with zero attached hydrogens (tertiary/aromatic N) is 2. The van der Waals surface area contributed by atoms with E-state index >= 15 is 0 Å². The number of nitrogens with one attached hydrogen (secondary N) is 2. The number of Topliss-reactive ketones (excluding diaryl/α,β-unsaturated/α-hetero) is 1. The van der Waals surface area contributed by atoms with Crippen LogP contribution in [0.15, 0.2) is 119 Å². The maximum Gasteiger partial charge on any atom is 0.328 e. The number of benzene rings is 4. The molecule has 2 N–H and O–H groups in total. The van der Waals surface area contributed by atoms with Crippen LogP contribution >= 0.6 is 11.8 Å². The summed E-state index contributed by atoms with van der Waals surface area (Å²) in [5.41, 5.74) is 4.46. The summed E-state index contributed by atoms with van der Waals surface area (Å²) in [7, 11) is -4.17. The summed E-state index contributed by atoms with van der Waals surface area (Å²) in [6, 6.07) is 32.2. The molecular formula is C36H36N4O4S2. The van der Waals surface area contributed by atoms with Gasteiger partial charge in [0.25, 0.3) is 10.0 Å². The minimum Gasteiger partial charge on any atom is -0.333 e. The monoisotopic (exact) mass is 652 g/mol. The van der Waals surface area contributed by atoms with Gasteiger partial charge in [0.2, 0.25) is 0 Å². The van der Waals surface area contributed by atoms with Gasteiger partial charge >= 0.3 is 6.03 Å². The molecule has 236 valence electrons. The molecule has 0 aliphatic carbocycles. The third kappa shape index (κ3) is 7.75. The topological polar surface area (TPSA) is 110 Å². The lowest BCUT2D eigenvalue weighted by molar-refractivity contribution is 0.0981. The average Bonchev–Trinajstić information content (AvgIpc) is 3.43. The highest BCUT2D eigenvalue weighted by Crippen LogP contribution is 2.30. The van der Waals surface area contributed by atoms with Crippen molar-refractivity contribution in [2.75, 3.05) is 6.26 Å². The molecule has 0 atom stereocenters. The van der Waals surface area contributed by atoms with Crippen LogP contribution in [0.4, 0.5) is 4.79 Å². The molecule has 0 saturated carbocycles. The standard InChI is InChI=1S/C36H36N4O4S2/c1-25(2)34-38-35(45-3)33(31(41)22-26-12-6-4-7-13-26)40(34)24-28-18-20-29(21-19-28)30-16-10-11-17-32(30)46(43,44)39-36(42)37-23-27-14-8-5-9-15-27/h4-21,25H,22-24H2,1-3H3,(H2,37,39,42). The Morgan fingerprint density at radius 2 is 1.41 bits per heavy atom. The van der Waals surface area contributed by atoms with Gasteiger partial charge < -0.3 is 9.88 Å². The summed E-state index contributed by atoms with van der Waals surface area (Å²) in [4.78, 5) is 31.0. The van der Waals surface area contributed by atoms with E-state index in [1.807, 2.05) is 95.8 Å². The molecule has 1 aromatic heterocycles. The lowest BCUT2D eigenvalue weighted by Crippen LogP contribution is -2.39. The minimum absolute atomic E-state index is 0.00556. The summed E-state index contributed by atoms with van der Waals surface area (Å²) < 4.78 is 30.7. The zero-order valence-electron chi connectivity index (χ0n) is 25.9. The molecule has 0 aliphatic rings. The van der Waals surface area contributed by atoms with Crippen LogP contribution in [-0.2, 0) is 29.5 Å². The molecule has 0 unspecified atom stereocenters. The van der Waals surface area contributed by atoms with Crippen LogP contribution in [0.5, 0.6) is 0 Å². The first-order chi connectivity index (χ1) is 22.2. The normalized spacial score (nSPS) is 11.4. The maximum atomic E-state index is 13.6. The lowest BCUT2D eigenvalue weighted by Gasteiger charge is -2.15. The maximum absolute atomic E-state index is 13.6. The average molecular weight is 653 g/mol. The van der Waals surface area contributed by atoms with Crippen LogP contribution in [0.2, 0.25) is 0 Å². The Labute approximate surface area is 274 Å². The Kier molecular flexibility index (Phi) is 10.4. The van der Waals surface area contributed by atoms with Crippen LogP contribution in [0, 0.1) is 0 Å². The van der Waals surface area contributed by atoms with Crippen LogP contribution in [-0.4, -0.2) is 36.0 Å². The van der Waals surface area contributed by atoms with Gasteiger partial charge in [-0.25, -0.2) is 22.9 Å². The van der Waals surface area contributed by atoms with E-state index in [2.05, 4.69) is 23.9 Å². The Bertz CT molecular complexity index is 1920. The summed E-state index contributed by atoms with van der Waals surface area (Å²) in [5.74, 6) is 0.932. The summed E-state index contributed by atoms with van der Waals surface area (Å²) in [6.07, 6.45) is 2.21. The second kappa shape index (κ2) is 14.6. The van der Waals surface area contributed by atoms with Crippen LogP contribution in [0.1, 0.15) is 52.8 Å². The van der Waals surface area contributed by atoms with Crippen molar-refractivity contribution in [3.05, 3.63) is 137 Å². The molecule has 0 fully saturated rings. The number of carbonyl (C=O) groups is 2. The van der Waals surface area contributed by atoms with E-state index in [9.17, 15) is 18.0 Å². The fourth-order valence-electron chi connectivity index (χ4n) is 5.23. The fraction of sp³-hybridized carbons (Fsp3) is 0.194. The molecule has 5 rings (SSSR count). The fourth-order valence-corrected chi connectivity index (χ4v) is 6.99. The van der Waals surface area contributed by atoms with Crippen molar-refractivity contribution < 1.29 is 18.0 Å². The van der Waals surface area contributed by atoms with Crippen LogP contribution < -0.4 is 10.0 Å². The van der Waals surface area contributed by atoms with E-state index in [0.717, 1.165) is 22.5 Å². The molecule has 0 radical (unpaired) electrons. The number of hydrogen-bond donors (Lipinski definition) is 2. The van der Waals surface area contributed by atoms with Gasteiger partial charge in [-0.3, -0.25) is 4.79 Å². The van der Waals surface area contributed by atoms with E-state index < -0.39 is 16.1 Å². The van der Waals surface area contributed by atoms with E-state index in [4.69, 9.17) is 4.98 Å². The number of imidazole rings is 1. The zero-order valence-corrected chi connectivity index (χ0v) is 27.6. The number of urea groups is 1. The Morgan fingerprint density at radius 1 is 0.804 bits per heavy atom. The Hall–Kier alpha value is -4.67. The van der Waals surface area contributed by atoms with Crippen LogP contribution in [0.3, 0.4) is 0 Å². The molecule has 0 aliphatic heterocycles. The van der Waals surface area contributed by atoms with Gasteiger partial charge in [-0.15, -0.1) is 11.8 Å². The SMILES string of the molecule is CSc1nc(C(C)C)n(Cc2ccc(-c3ccccc3S(=O)(=O)NC(=O)NCc3ccccc3)cc2)c1C(=O)Cc1ccccc1. The second-order valence-electron chi connectivity index (χ2n) is 11.1. The first-order valence-corrected chi connectivity index (χ1v) is 17.6. The van der Waals surface area contributed by atoms with Gasteiger partial charge in [-0.2, -0.15) is 0 Å². The molecule has 2 amide bonds. The van der Waals surface area contributed by atoms with Gasteiger partial charge in [0, 0.05) is 31.0 Å². The van der Waals surface area contributed by atoms with E-state index in [1.54, 1.807) is 18.2 Å². The number of carbonyl (C=O) groups excluding carboxylic acids is 2. The van der Waals surface area contributed by atoms with Crippen molar-refractivity contribution in [3.8, 4) is 11.1 Å². The number of aromatic nitrogens is 2. The van der Waals surface area contributed by atoms with E-state index in [1.165, 1.54) is 17.8 Å². The summed E-state index contributed by atoms with van der Waals surface area (Å²) >= 11 is 1.46. The van der Waals surface area contributed by atoms with Crippen molar-refractivity contribution in [1.29, 1.82) is 0 Å².